The third-order valence-electron chi connectivity index (χ3n) is 7.08. The van der Waals surface area contributed by atoms with Gasteiger partial charge in [0, 0.05) is 57.1 Å². The van der Waals surface area contributed by atoms with Crippen LogP contribution in [0.1, 0.15) is 36.7 Å². The summed E-state index contributed by atoms with van der Waals surface area (Å²) in [6, 6.07) is 13.8. The fourth-order valence-corrected chi connectivity index (χ4v) is 5.24. The summed E-state index contributed by atoms with van der Waals surface area (Å²) in [4.78, 5) is 22.0. The molecule has 0 saturated carbocycles. The molecule has 0 N–H and O–H groups in total. The van der Waals surface area contributed by atoms with Crippen LogP contribution in [-0.2, 0) is 14.1 Å². The van der Waals surface area contributed by atoms with Gasteiger partial charge in [0.1, 0.15) is 23.1 Å². The summed E-state index contributed by atoms with van der Waals surface area (Å²) in [7, 11) is 3.60. The van der Waals surface area contributed by atoms with Gasteiger partial charge in [0.2, 0.25) is 0 Å². The Morgan fingerprint density at radius 2 is 1.81 bits per heavy atom. The number of benzene rings is 1. The lowest BCUT2D eigenvalue weighted by Crippen LogP contribution is -2.57. The van der Waals surface area contributed by atoms with E-state index in [2.05, 4.69) is 39.8 Å². The molecule has 1 saturated heterocycles. The zero-order chi connectivity index (χ0) is 25.6. The first-order valence-electron chi connectivity index (χ1n) is 11.9. The van der Waals surface area contributed by atoms with Crippen LogP contribution < -0.4 is 10.5 Å². The summed E-state index contributed by atoms with van der Waals surface area (Å²) in [5.41, 5.74) is 4.31. The second kappa shape index (κ2) is 9.21. The van der Waals surface area contributed by atoms with Crippen LogP contribution >= 0.6 is 0 Å². The van der Waals surface area contributed by atoms with E-state index in [0.29, 0.717) is 29.8 Å². The van der Waals surface area contributed by atoms with Crippen LogP contribution in [0.5, 0.6) is 0 Å². The average Bonchev–Trinajstić information content (AvgIpc) is 3.30. The van der Waals surface area contributed by atoms with Gasteiger partial charge in [-0.25, -0.2) is 9.37 Å². The SMILES string of the molecule is C[C@@H]1CN(c2cc(=O)n(C)c3ccc(C#N)nc23)[C@@H](C)CN1C(c1ccc(F)cc1)c1cnn(C)c1. The van der Waals surface area contributed by atoms with Gasteiger partial charge in [0.15, 0.2) is 0 Å². The average molecular weight is 486 g/mol. The van der Waals surface area contributed by atoms with E-state index in [0.717, 1.165) is 16.8 Å². The number of halogens is 1. The number of pyridine rings is 2. The first-order chi connectivity index (χ1) is 17.3. The van der Waals surface area contributed by atoms with Crippen molar-refractivity contribution in [3.8, 4) is 6.07 Å². The molecule has 3 aromatic heterocycles. The van der Waals surface area contributed by atoms with Gasteiger partial charge in [-0.1, -0.05) is 12.1 Å². The Balaban J connectivity index is 1.55. The fourth-order valence-electron chi connectivity index (χ4n) is 5.24. The van der Waals surface area contributed by atoms with Crippen molar-refractivity contribution in [2.75, 3.05) is 18.0 Å². The topological polar surface area (TPSA) is 83.0 Å². The smallest absolute Gasteiger partial charge is 0.252 e. The maximum Gasteiger partial charge on any atom is 0.252 e. The second-order valence-electron chi connectivity index (χ2n) is 9.55. The summed E-state index contributed by atoms with van der Waals surface area (Å²) in [6.07, 6.45) is 3.86. The quantitative estimate of drug-likeness (QED) is 0.441. The first-order valence-corrected chi connectivity index (χ1v) is 11.9. The molecule has 36 heavy (non-hydrogen) atoms. The molecule has 8 nitrogen and oxygen atoms in total. The van der Waals surface area contributed by atoms with Gasteiger partial charge in [0.25, 0.3) is 5.56 Å². The monoisotopic (exact) mass is 485 g/mol. The molecule has 3 atom stereocenters. The summed E-state index contributed by atoms with van der Waals surface area (Å²) >= 11 is 0. The number of nitriles is 1. The Morgan fingerprint density at radius 1 is 1.06 bits per heavy atom. The number of fused-ring (bicyclic) bond motifs is 1. The maximum absolute atomic E-state index is 13.7. The van der Waals surface area contributed by atoms with E-state index in [1.165, 1.54) is 12.1 Å². The van der Waals surface area contributed by atoms with E-state index < -0.39 is 0 Å². The number of piperazine rings is 1. The molecule has 1 aliphatic rings. The molecule has 184 valence electrons. The number of hydrogen-bond donors (Lipinski definition) is 0. The molecule has 4 aromatic rings. The summed E-state index contributed by atoms with van der Waals surface area (Å²) < 4.78 is 17.1. The van der Waals surface area contributed by atoms with Crippen LogP contribution in [0.2, 0.25) is 0 Å². The lowest BCUT2D eigenvalue weighted by Gasteiger charge is -2.48. The van der Waals surface area contributed by atoms with E-state index >= 15 is 0 Å². The van der Waals surface area contributed by atoms with Crippen LogP contribution in [0.25, 0.3) is 11.0 Å². The molecule has 0 radical (unpaired) electrons. The fraction of sp³-hybridized carbons (Fsp3) is 0.333. The Morgan fingerprint density at radius 3 is 2.47 bits per heavy atom. The summed E-state index contributed by atoms with van der Waals surface area (Å²) in [5.74, 6) is -0.267. The van der Waals surface area contributed by atoms with Gasteiger partial charge < -0.3 is 9.47 Å². The Bertz CT molecular complexity index is 1520. The minimum atomic E-state index is -0.267. The summed E-state index contributed by atoms with van der Waals surface area (Å²) in [5, 5.41) is 13.8. The molecular formula is C27H28FN7O. The Kier molecular flexibility index (Phi) is 6.06. The van der Waals surface area contributed by atoms with Crippen LogP contribution in [0.3, 0.4) is 0 Å². The van der Waals surface area contributed by atoms with Crippen molar-refractivity contribution < 1.29 is 4.39 Å². The van der Waals surface area contributed by atoms with E-state index in [9.17, 15) is 14.4 Å². The lowest BCUT2D eigenvalue weighted by atomic mass is 9.95. The van der Waals surface area contributed by atoms with Crippen molar-refractivity contribution in [3.63, 3.8) is 0 Å². The largest absolute Gasteiger partial charge is 0.364 e. The predicted octanol–water partition coefficient (Wildman–Crippen LogP) is 3.37. The molecular weight excluding hydrogens is 457 g/mol. The van der Waals surface area contributed by atoms with Crippen molar-refractivity contribution in [1.29, 1.82) is 5.26 Å². The van der Waals surface area contributed by atoms with Crippen LogP contribution in [0, 0.1) is 17.1 Å². The minimum absolute atomic E-state index is 0.0451. The van der Waals surface area contributed by atoms with Crippen LogP contribution in [-0.4, -0.2) is 49.4 Å². The molecule has 0 spiro atoms. The molecule has 1 aromatic carbocycles. The van der Waals surface area contributed by atoms with Gasteiger partial charge in [-0.05, 0) is 43.7 Å². The van der Waals surface area contributed by atoms with Crippen molar-refractivity contribution in [2.45, 2.75) is 32.0 Å². The molecule has 1 fully saturated rings. The van der Waals surface area contributed by atoms with Crippen LogP contribution in [0.4, 0.5) is 10.1 Å². The first kappa shape index (κ1) is 23.7. The molecule has 0 aliphatic carbocycles. The van der Waals surface area contributed by atoms with Crippen molar-refractivity contribution in [2.24, 2.45) is 14.1 Å². The molecule has 4 heterocycles. The van der Waals surface area contributed by atoms with E-state index in [-0.39, 0.29) is 29.5 Å². The zero-order valence-electron chi connectivity index (χ0n) is 20.8. The third-order valence-corrected chi connectivity index (χ3v) is 7.08. The van der Waals surface area contributed by atoms with E-state index in [1.54, 1.807) is 34.5 Å². The molecule has 1 unspecified atom stereocenters. The number of rotatable bonds is 4. The third kappa shape index (κ3) is 4.14. The molecule has 5 rings (SSSR count). The standard InChI is InChI=1S/C27H28FN7O/c1-17-15-35(27(20-13-30-32(3)16-20)19-5-7-21(28)8-6-19)18(2)14-34(17)24-11-25(36)33(4)23-10-9-22(12-29)31-26(23)24/h5-11,13,16-18,27H,14-15H2,1-4H3/t17-,18+,27?/m0/s1. The highest BCUT2D eigenvalue weighted by Gasteiger charge is 2.36. The predicted molar refractivity (Wildman–Crippen MR) is 136 cm³/mol. The number of aromatic nitrogens is 4. The van der Waals surface area contributed by atoms with Gasteiger partial charge in [0.05, 0.1) is 23.4 Å². The van der Waals surface area contributed by atoms with Gasteiger partial charge in [-0.2, -0.15) is 10.4 Å². The Labute approximate surface area is 208 Å². The summed E-state index contributed by atoms with van der Waals surface area (Å²) in [6.45, 7) is 5.64. The molecule has 0 amide bonds. The highest BCUT2D eigenvalue weighted by atomic mass is 19.1. The lowest BCUT2D eigenvalue weighted by molar-refractivity contribution is 0.130. The number of hydrogen-bond acceptors (Lipinski definition) is 6. The van der Waals surface area contributed by atoms with Crippen molar-refractivity contribution >= 4 is 16.7 Å². The zero-order valence-corrected chi connectivity index (χ0v) is 20.8. The van der Waals surface area contributed by atoms with E-state index in [1.807, 2.05) is 31.6 Å². The Hall–Kier alpha value is -4.03. The maximum atomic E-state index is 13.7. The number of anilines is 1. The van der Waals surface area contributed by atoms with Gasteiger partial charge in [-0.15, -0.1) is 0 Å². The number of nitrogens with zero attached hydrogens (tertiary/aromatic N) is 7. The second-order valence-corrected chi connectivity index (χ2v) is 9.55. The normalized spacial score (nSPS) is 19.4. The molecule has 9 heteroatoms. The van der Waals surface area contributed by atoms with Gasteiger partial charge >= 0.3 is 0 Å². The van der Waals surface area contributed by atoms with Crippen LogP contribution in [0.15, 0.2) is 59.7 Å². The highest BCUT2D eigenvalue weighted by molar-refractivity contribution is 5.89. The van der Waals surface area contributed by atoms with Crippen molar-refractivity contribution in [1.82, 2.24) is 24.2 Å². The minimum Gasteiger partial charge on any atom is -0.364 e. The van der Waals surface area contributed by atoms with Crippen molar-refractivity contribution in [3.05, 3.63) is 87.9 Å². The van der Waals surface area contributed by atoms with Gasteiger partial charge in [-0.3, -0.25) is 14.4 Å². The highest BCUT2D eigenvalue weighted by Crippen LogP contribution is 2.35. The number of aryl methyl sites for hydroxylation is 2. The molecule has 1 aliphatic heterocycles. The molecule has 0 bridgehead atoms. The van der Waals surface area contributed by atoms with E-state index in [4.69, 9.17) is 0 Å².